The largest absolute Gasteiger partial charge is 0.496 e. The topological polar surface area (TPSA) is 101 Å². The van der Waals surface area contributed by atoms with E-state index in [0.717, 1.165) is 5.56 Å². The number of rotatable bonds is 7. The molecule has 4 rings (SSSR count). The number of aliphatic hydroxyl groups excluding tert-OH is 1. The minimum atomic E-state index is -0.969. The van der Waals surface area contributed by atoms with Gasteiger partial charge in [0.1, 0.15) is 18.5 Å². The molecule has 3 aromatic rings. The summed E-state index contributed by atoms with van der Waals surface area (Å²) in [4.78, 5) is 26.4. The van der Waals surface area contributed by atoms with E-state index in [-0.39, 0.29) is 30.8 Å². The SMILES string of the molecule is COc1ccccc1CN1C(=O)COC[C@@H]1[C@H](O)c1ccc(NC(=O)c2ccco2)cc1. The first-order valence-corrected chi connectivity index (χ1v) is 10.2. The van der Waals surface area contributed by atoms with Gasteiger partial charge in [-0.05, 0) is 35.9 Å². The van der Waals surface area contributed by atoms with Crippen molar-refractivity contribution < 1.29 is 28.6 Å². The fourth-order valence-corrected chi connectivity index (χ4v) is 3.70. The van der Waals surface area contributed by atoms with Crippen molar-refractivity contribution in [2.45, 2.75) is 18.7 Å². The quantitative estimate of drug-likeness (QED) is 0.591. The molecule has 2 aromatic carbocycles. The molecule has 166 valence electrons. The Bertz CT molecular complexity index is 1060. The Hall–Kier alpha value is -3.62. The minimum absolute atomic E-state index is 0.0316. The monoisotopic (exact) mass is 436 g/mol. The number of para-hydroxylation sites is 1. The number of benzene rings is 2. The standard InChI is InChI=1S/C24H24N2O6/c1-30-20-6-3-2-5-17(20)13-26-19(14-31-15-22(26)27)23(28)16-8-10-18(11-9-16)25-24(29)21-7-4-12-32-21/h2-12,19,23,28H,13-15H2,1H3,(H,25,29)/t19-,23-/m1/s1. The lowest BCUT2D eigenvalue weighted by Gasteiger charge is -2.38. The third-order valence-electron chi connectivity index (χ3n) is 5.39. The van der Waals surface area contributed by atoms with Crippen LogP contribution in [0.4, 0.5) is 5.69 Å². The fraction of sp³-hybridized carbons (Fsp3) is 0.250. The van der Waals surface area contributed by atoms with E-state index < -0.39 is 12.1 Å². The highest BCUT2D eigenvalue weighted by Gasteiger charge is 2.35. The summed E-state index contributed by atoms with van der Waals surface area (Å²) in [5, 5.41) is 13.8. The van der Waals surface area contributed by atoms with E-state index in [1.807, 2.05) is 24.3 Å². The summed E-state index contributed by atoms with van der Waals surface area (Å²) in [6, 6.07) is 16.9. The van der Waals surface area contributed by atoms with Crippen molar-refractivity contribution >= 4 is 17.5 Å². The van der Waals surface area contributed by atoms with Gasteiger partial charge in [-0.1, -0.05) is 30.3 Å². The highest BCUT2D eigenvalue weighted by molar-refractivity contribution is 6.02. The Morgan fingerprint density at radius 3 is 2.69 bits per heavy atom. The van der Waals surface area contributed by atoms with Crippen molar-refractivity contribution in [1.29, 1.82) is 0 Å². The zero-order valence-electron chi connectivity index (χ0n) is 17.6. The van der Waals surface area contributed by atoms with Crippen LogP contribution in [0.25, 0.3) is 0 Å². The van der Waals surface area contributed by atoms with Crippen molar-refractivity contribution in [3.05, 3.63) is 83.8 Å². The van der Waals surface area contributed by atoms with Crippen molar-refractivity contribution in [3.8, 4) is 5.75 Å². The van der Waals surface area contributed by atoms with Crippen LogP contribution in [0.5, 0.6) is 5.75 Å². The second-order valence-corrected chi connectivity index (χ2v) is 7.41. The lowest BCUT2D eigenvalue weighted by atomic mass is 9.99. The van der Waals surface area contributed by atoms with Crippen molar-refractivity contribution in [1.82, 2.24) is 4.90 Å². The Morgan fingerprint density at radius 2 is 1.97 bits per heavy atom. The van der Waals surface area contributed by atoms with Gasteiger partial charge < -0.3 is 29.2 Å². The molecule has 8 nitrogen and oxygen atoms in total. The number of anilines is 1. The molecule has 32 heavy (non-hydrogen) atoms. The first-order valence-electron chi connectivity index (χ1n) is 10.2. The van der Waals surface area contributed by atoms with Gasteiger partial charge in [0.05, 0.1) is 26.0 Å². The molecule has 2 amide bonds. The summed E-state index contributed by atoms with van der Waals surface area (Å²) >= 11 is 0. The van der Waals surface area contributed by atoms with Gasteiger partial charge in [0.2, 0.25) is 5.91 Å². The molecule has 1 aliphatic heterocycles. The maximum absolute atomic E-state index is 12.6. The van der Waals surface area contributed by atoms with Crippen LogP contribution in [-0.4, -0.2) is 48.2 Å². The molecule has 0 bridgehead atoms. The number of carbonyl (C=O) groups excluding carboxylic acids is 2. The summed E-state index contributed by atoms with van der Waals surface area (Å²) in [6.45, 7) is 0.473. The molecule has 1 aliphatic rings. The average Bonchev–Trinajstić information content (AvgIpc) is 3.36. The Labute approximate surface area is 185 Å². The lowest BCUT2D eigenvalue weighted by Crippen LogP contribution is -2.51. The van der Waals surface area contributed by atoms with E-state index >= 15 is 0 Å². The molecule has 0 saturated carbocycles. The number of aliphatic hydroxyl groups is 1. The summed E-state index contributed by atoms with van der Waals surface area (Å²) in [5.41, 5.74) is 2.01. The van der Waals surface area contributed by atoms with E-state index in [0.29, 0.717) is 23.5 Å². The van der Waals surface area contributed by atoms with E-state index in [1.54, 1.807) is 48.4 Å². The number of furan rings is 1. The van der Waals surface area contributed by atoms with Crippen LogP contribution in [0.1, 0.15) is 27.8 Å². The van der Waals surface area contributed by atoms with Crippen molar-refractivity contribution in [3.63, 3.8) is 0 Å². The Balaban J connectivity index is 1.49. The summed E-state index contributed by atoms with van der Waals surface area (Å²) < 4.78 is 15.9. The van der Waals surface area contributed by atoms with E-state index in [9.17, 15) is 14.7 Å². The molecule has 8 heteroatoms. The van der Waals surface area contributed by atoms with Gasteiger partial charge in [0, 0.05) is 17.8 Å². The van der Waals surface area contributed by atoms with Gasteiger partial charge in [0.25, 0.3) is 5.91 Å². The van der Waals surface area contributed by atoms with Gasteiger partial charge >= 0.3 is 0 Å². The highest BCUT2D eigenvalue weighted by atomic mass is 16.5. The second kappa shape index (κ2) is 9.67. The third kappa shape index (κ3) is 4.66. The molecule has 1 saturated heterocycles. The smallest absolute Gasteiger partial charge is 0.291 e. The van der Waals surface area contributed by atoms with Gasteiger partial charge in [-0.25, -0.2) is 0 Å². The third-order valence-corrected chi connectivity index (χ3v) is 5.39. The molecular weight excluding hydrogens is 412 g/mol. The van der Waals surface area contributed by atoms with Crippen LogP contribution in [0.3, 0.4) is 0 Å². The fourth-order valence-electron chi connectivity index (χ4n) is 3.70. The average molecular weight is 436 g/mol. The van der Waals surface area contributed by atoms with Crippen LogP contribution < -0.4 is 10.1 Å². The zero-order chi connectivity index (χ0) is 22.5. The number of nitrogens with one attached hydrogen (secondary N) is 1. The molecule has 0 unspecified atom stereocenters. The highest BCUT2D eigenvalue weighted by Crippen LogP contribution is 2.28. The first-order chi connectivity index (χ1) is 15.6. The molecule has 2 atom stereocenters. The van der Waals surface area contributed by atoms with Crippen molar-refractivity contribution in [2.75, 3.05) is 25.6 Å². The van der Waals surface area contributed by atoms with Crippen LogP contribution in [0, 0.1) is 0 Å². The molecule has 1 fully saturated rings. The summed E-state index contributed by atoms with van der Waals surface area (Å²) in [6.07, 6.45) is 0.461. The minimum Gasteiger partial charge on any atom is -0.496 e. The molecule has 1 aromatic heterocycles. The molecule has 0 aliphatic carbocycles. The van der Waals surface area contributed by atoms with Gasteiger partial charge in [-0.15, -0.1) is 0 Å². The van der Waals surface area contributed by atoms with Gasteiger partial charge in [-0.3, -0.25) is 9.59 Å². The van der Waals surface area contributed by atoms with Gasteiger partial charge in [0.15, 0.2) is 5.76 Å². The number of hydrogen-bond acceptors (Lipinski definition) is 6. The Morgan fingerprint density at radius 1 is 1.19 bits per heavy atom. The molecule has 2 N–H and O–H groups in total. The zero-order valence-corrected chi connectivity index (χ0v) is 17.6. The number of carbonyl (C=O) groups is 2. The van der Waals surface area contributed by atoms with Crippen LogP contribution in [0.15, 0.2) is 71.3 Å². The predicted molar refractivity (Wildman–Crippen MR) is 116 cm³/mol. The summed E-state index contributed by atoms with van der Waals surface area (Å²) in [5.74, 6) is 0.321. The molecular formula is C24H24N2O6. The van der Waals surface area contributed by atoms with E-state index in [1.165, 1.54) is 6.26 Å². The maximum Gasteiger partial charge on any atom is 0.291 e. The number of nitrogens with zero attached hydrogens (tertiary/aromatic N) is 1. The molecule has 0 radical (unpaired) electrons. The second-order valence-electron chi connectivity index (χ2n) is 7.41. The van der Waals surface area contributed by atoms with Crippen LogP contribution >= 0.6 is 0 Å². The van der Waals surface area contributed by atoms with E-state index in [4.69, 9.17) is 13.9 Å². The number of hydrogen-bond donors (Lipinski definition) is 2. The number of morpholine rings is 1. The molecule has 2 heterocycles. The van der Waals surface area contributed by atoms with Crippen LogP contribution in [0.2, 0.25) is 0 Å². The predicted octanol–water partition coefficient (Wildman–Crippen LogP) is 3.00. The Kier molecular flexibility index (Phi) is 6.53. The number of amides is 2. The van der Waals surface area contributed by atoms with Gasteiger partial charge in [-0.2, -0.15) is 0 Å². The van der Waals surface area contributed by atoms with E-state index in [2.05, 4.69) is 5.32 Å². The maximum atomic E-state index is 12.6. The summed E-state index contributed by atoms with van der Waals surface area (Å²) in [7, 11) is 1.58. The van der Waals surface area contributed by atoms with Crippen LogP contribution in [-0.2, 0) is 16.1 Å². The molecule has 0 spiro atoms. The first kappa shape index (κ1) is 21.6. The number of methoxy groups -OCH3 is 1. The number of ether oxygens (including phenoxy) is 2. The van der Waals surface area contributed by atoms with Crippen molar-refractivity contribution in [2.24, 2.45) is 0 Å². The lowest BCUT2D eigenvalue weighted by molar-refractivity contribution is -0.155. The normalized spacial score (nSPS) is 17.1.